The van der Waals surface area contributed by atoms with Gasteiger partial charge in [-0.2, -0.15) is 0 Å². The summed E-state index contributed by atoms with van der Waals surface area (Å²) in [7, 11) is 1.67. The Morgan fingerprint density at radius 1 is 1.03 bits per heavy atom. The number of amides is 1. The van der Waals surface area contributed by atoms with E-state index in [1.54, 1.807) is 7.11 Å². The van der Waals surface area contributed by atoms with Crippen LogP contribution in [0.15, 0.2) is 65.3 Å². The van der Waals surface area contributed by atoms with Crippen LogP contribution in [0.5, 0.6) is 5.75 Å². The largest absolute Gasteiger partial charge is 0.497 e. The summed E-state index contributed by atoms with van der Waals surface area (Å²) in [6, 6.07) is 18.1. The molecule has 0 aliphatic carbocycles. The van der Waals surface area contributed by atoms with Gasteiger partial charge < -0.3 is 14.5 Å². The van der Waals surface area contributed by atoms with Crippen molar-refractivity contribution in [2.45, 2.75) is 52.9 Å². The van der Waals surface area contributed by atoms with E-state index in [0.717, 1.165) is 17.9 Å². The quantitative estimate of drug-likeness (QED) is 0.473. The Labute approximate surface area is 190 Å². The Hall–Kier alpha value is -3.12. The molecule has 0 aliphatic rings. The zero-order valence-electron chi connectivity index (χ0n) is 19.5. The molecule has 1 N–H and O–H groups in total. The van der Waals surface area contributed by atoms with Gasteiger partial charge in [0.05, 0.1) is 19.7 Å². The molecule has 6 nitrogen and oxygen atoms in total. The first-order chi connectivity index (χ1) is 15.4. The van der Waals surface area contributed by atoms with Crippen molar-refractivity contribution in [3.8, 4) is 5.75 Å². The molecule has 6 heteroatoms. The first-order valence-electron chi connectivity index (χ1n) is 11.0. The van der Waals surface area contributed by atoms with Crippen molar-refractivity contribution in [2.24, 2.45) is 5.92 Å². The standard InChI is InChI=1S/C26H33N3O3/c1-18(2)20(4)29(15-21-11-13-23(31-5)14-12-21)16-25-28-24(17-32-25)26(30)27-19(3)22-9-7-6-8-10-22/h6-14,17-20H,15-16H2,1-5H3,(H,27,30). The van der Waals surface area contributed by atoms with Gasteiger partial charge in [0.25, 0.3) is 5.91 Å². The fourth-order valence-electron chi connectivity index (χ4n) is 3.49. The molecule has 2 unspecified atom stereocenters. The van der Waals surface area contributed by atoms with Crippen LogP contribution >= 0.6 is 0 Å². The van der Waals surface area contributed by atoms with E-state index in [0.29, 0.717) is 30.1 Å². The number of carbonyl (C=O) groups excluding carboxylic acids is 1. The van der Waals surface area contributed by atoms with Crippen molar-refractivity contribution in [3.63, 3.8) is 0 Å². The number of carbonyl (C=O) groups is 1. The number of oxazole rings is 1. The van der Waals surface area contributed by atoms with Gasteiger partial charge in [-0.25, -0.2) is 4.98 Å². The molecule has 170 valence electrons. The summed E-state index contributed by atoms with van der Waals surface area (Å²) >= 11 is 0. The highest BCUT2D eigenvalue weighted by atomic mass is 16.5. The highest BCUT2D eigenvalue weighted by molar-refractivity contribution is 5.92. The van der Waals surface area contributed by atoms with Crippen molar-refractivity contribution < 1.29 is 13.9 Å². The number of benzene rings is 2. The molecular weight excluding hydrogens is 402 g/mol. The first-order valence-corrected chi connectivity index (χ1v) is 11.0. The average Bonchev–Trinajstić information content (AvgIpc) is 3.28. The van der Waals surface area contributed by atoms with Crippen LogP contribution in [-0.4, -0.2) is 28.9 Å². The lowest BCUT2D eigenvalue weighted by molar-refractivity contribution is 0.0934. The van der Waals surface area contributed by atoms with E-state index in [-0.39, 0.29) is 11.9 Å². The molecular formula is C26H33N3O3. The van der Waals surface area contributed by atoms with Crippen molar-refractivity contribution in [2.75, 3.05) is 7.11 Å². The minimum Gasteiger partial charge on any atom is -0.497 e. The van der Waals surface area contributed by atoms with Crippen LogP contribution in [0.2, 0.25) is 0 Å². The van der Waals surface area contributed by atoms with Crippen LogP contribution in [0.3, 0.4) is 0 Å². The third kappa shape index (κ3) is 6.20. The van der Waals surface area contributed by atoms with Gasteiger partial charge in [-0.3, -0.25) is 9.69 Å². The number of hydrogen-bond donors (Lipinski definition) is 1. The molecule has 1 heterocycles. The maximum atomic E-state index is 12.7. The Bertz CT molecular complexity index is 983. The summed E-state index contributed by atoms with van der Waals surface area (Å²) in [5, 5.41) is 2.98. The number of hydrogen-bond acceptors (Lipinski definition) is 5. The molecule has 0 fully saturated rings. The van der Waals surface area contributed by atoms with E-state index in [4.69, 9.17) is 9.15 Å². The molecule has 3 aromatic rings. The summed E-state index contributed by atoms with van der Waals surface area (Å²) < 4.78 is 10.9. The van der Waals surface area contributed by atoms with E-state index >= 15 is 0 Å². The number of methoxy groups -OCH3 is 1. The fraction of sp³-hybridized carbons (Fsp3) is 0.385. The van der Waals surface area contributed by atoms with E-state index < -0.39 is 0 Å². The molecule has 0 radical (unpaired) electrons. The van der Waals surface area contributed by atoms with E-state index in [9.17, 15) is 4.79 Å². The SMILES string of the molecule is COc1ccc(CN(Cc2nc(C(=O)NC(C)c3ccccc3)co2)C(C)C(C)C)cc1. The number of ether oxygens (including phenoxy) is 1. The van der Waals surface area contributed by atoms with Crippen LogP contribution in [-0.2, 0) is 13.1 Å². The van der Waals surface area contributed by atoms with Crippen LogP contribution in [0.4, 0.5) is 0 Å². The highest BCUT2D eigenvalue weighted by Crippen LogP contribution is 2.20. The molecule has 0 saturated heterocycles. The summed E-state index contributed by atoms with van der Waals surface area (Å²) in [6.07, 6.45) is 1.44. The third-order valence-corrected chi connectivity index (χ3v) is 5.86. The van der Waals surface area contributed by atoms with E-state index in [1.165, 1.54) is 11.8 Å². The van der Waals surface area contributed by atoms with Crippen molar-refractivity contribution in [1.29, 1.82) is 0 Å². The predicted octanol–water partition coefficient (Wildman–Crippen LogP) is 5.22. The Morgan fingerprint density at radius 2 is 1.72 bits per heavy atom. The lowest BCUT2D eigenvalue weighted by atomic mass is 10.0. The van der Waals surface area contributed by atoms with Crippen molar-refractivity contribution >= 4 is 5.91 Å². The first kappa shape index (κ1) is 23.5. The zero-order valence-corrected chi connectivity index (χ0v) is 19.5. The predicted molar refractivity (Wildman–Crippen MR) is 125 cm³/mol. The minimum absolute atomic E-state index is 0.114. The Kier molecular flexibility index (Phi) is 8.06. The number of nitrogens with one attached hydrogen (secondary N) is 1. The van der Waals surface area contributed by atoms with Gasteiger partial charge in [-0.1, -0.05) is 56.3 Å². The molecule has 1 aromatic heterocycles. The smallest absolute Gasteiger partial charge is 0.273 e. The topological polar surface area (TPSA) is 67.6 Å². The maximum absolute atomic E-state index is 12.7. The summed E-state index contributed by atoms with van der Waals surface area (Å²) in [5.41, 5.74) is 2.52. The maximum Gasteiger partial charge on any atom is 0.273 e. The second-order valence-electron chi connectivity index (χ2n) is 8.47. The van der Waals surface area contributed by atoms with Gasteiger partial charge in [-0.05, 0) is 43.0 Å². The normalized spacial score (nSPS) is 13.2. The number of aromatic nitrogens is 1. The van der Waals surface area contributed by atoms with Gasteiger partial charge in [0.1, 0.15) is 12.0 Å². The lowest BCUT2D eigenvalue weighted by Gasteiger charge is -2.30. The highest BCUT2D eigenvalue weighted by Gasteiger charge is 2.22. The summed E-state index contributed by atoms with van der Waals surface area (Å²) in [6.45, 7) is 9.82. The van der Waals surface area contributed by atoms with Crippen LogP contribution in [0.1, 0.15) is 61.2 Å². The van der Waals surface area contributed by atoms with Crippen molar-refractivity contribution in [3.05, 3.63) is 83.6 Å². The van der Waals surface area contributed by atoms with E-state index in [1.807, 2.05) is 49.4 Å². The van der Waals surface area contributed by atoms with Gasteiger partial charge in [0.2, 0.25) is 5.89 Å². The molecule has 0 bridgehead atoms. The van der Waals surface area contributed by atoms with Crippen molar-refractivity contribution in [1.82, 2.24) is 15.2 Å². The molecule has 3 rings (SSSR count). The molecule has 0 saturated carbocycles. The second kappa shape index (κ2) is 11.0. The van der Waals surface area contributed by atoms with Crippen LogP contribution in [0, 0.1) is 5.92 Å². The van der Waals surface area contributed by atoms with Gasteiger partial charge in [-0.15, -0.1) is 0 Å². The molecule has 32 heavy (non-hydrogen) atoms. The average molecular weight is 436 g/mol. The fourth-order valence-corrected chi connectivity index (χ4v) is 3.49. The minimum atomic E-state index is -0.241. The monoisotopic (exact) mass is 435 g/mol. The Balaban J connectivity index is 1.68. The molecule has 2 atom stereocenters. The summed E-state index contributed by atoms with van der Waals surface area (Å²) in [4.78, 5) is 19.4. The second-order valence-corrected chi connectivity index (χ2v) is 8.47. The van der Waals surface area contributed by atoms with Gasteiger partial charge in [0.15, 0.2) is 5.69 Å². The Morgan fingerprint density at radius 3 is 2.34 bits per heavy atom. The van der Waals surface area contributed by atoms with Crippen LogP contribution in [0.25, 0.3) is 0 Å². The lowest BCUT2D eigenvalue weighted by Crippen LogP contribution is -2.36. The van der Waals surface area contributed by atoms with Crippen LogP contribution < -0.4 is 10.1 Å². The summed E-state index contributed by atoms with van der Waals surface area (Å²) in [5.74, 6) is 1.58. The molecule has 2 aromatic carbocycles. The van der Waals surface area contributed by atoms with E-state index in [2.05, 4.69) is 48.1 Å². The number of nitrogens with zero attached hydrogens (tertiary/aromatic N) is 2. The third-order valence-electron chi connectivity index (χ3n) is 5.86. The van der Waals surface area contributed by atoms with Gasteiger partial charge in [0, 0.05) is 12.6 Å². The molecule has 0 aliphatic heterocycles. The number of rotatable bonds is 10. The molecule has 0 spiro atoms. The van der Waals surface area contributed by atoms with Gasteiger partial charge >= 0.3 is 0 Å². The zero-order chi connectivity index (χ0) is 23.1. The molecule has 1 amide bonds.